The smallest absolute Gasteiger partial charge is 0.251 e. The monoisotopic (exact) mass is 294 g/mol. The molecule has 8 heteroatoms. The zero-order valence-electron chi connectivity index (χ0n) is 10.2. The van der Waals surface area contributed by atoms with Gasteiger partial charge < -0.3 is 16.8 Å². The molecule has 0 radical (unpaired) electrons. The molecule has 2 amide bonds. The summed E-state index contributed by atoms with van der Waals surface area (Å²) in [4.78, 5) is 26.7. The normalized spacial score (nSPS) is 10.2. The van der Waals surface area contributed by atoms with Gasteiger partial charge in [0.05, 0.1) is 17.7 Å². The Bertz CT molecular complexity index is 671. The Morgan fingerprint density at radius 2 is 2.15 bits per heavy atom. The fourth-order valence-corrected chi connectivity index (χ4v) is 2.13. The molecular formula is C12H11FN4O2S. The van der Waals surface area contributed by atoms with E-state index in [1.807, 2.05) is 0 Å². The van der Waals surface area contributed by atoms with E-state index in [0.717, 1.165) is 6.07 Å². The summed E-state index contributed by atoms with van der Waals surface area (Å²) in [5.41, 5.74) is 11.0. The van der Waals surface area contributed by atoms with Crippen molar-refractivity contribution >= 4 is 34.0 Å². The molecule has 2 rings (SSSR count). The first-order chi connectivity index (χ1) is 9.45. The van der Waals surface area contributed by atoms with Gasteiger partial charge in [-0.3, -0.25) is 9.59 Å². The Hall–Kier alpha value is -2.48. The average molecular weight is 294 g/mol. The topological polar surface area (TPSA) is 111 Å². The summed E-state index contributed by atoms with van der Waals surface area (Å²) in [7, 11) is 0. The average Bonchev–Trinajstić information content (AvgIpc) is 2.76. The van der Waals surface area contributed by atoms with E-state index in [0.29, 0.717) is 10.8 Å². The maximum atomic E-state index is 13.3. The number of nitrogens with two attached hydrogens (primary N) is 2. The third-order valence-corrected chi connectivity index (χ3v) is 3.15. The summed E-state index contributed by atoms with van der Waals surface area (Å²) in [6.07, 6.45) is 0.0387. The highest BCUT2D eigenvalue weighted by Crippen LogP contribution is 2.16. The Morgan fingerprint density at radius 1 is 1.40 bits per heavy atom. The van der Waals surface area contributed by atoms with Crippen molar-refractivity contribution in [1.29, 1.82) is 0 Å². The summed E-state index contributed by atoms with van der Waals surface area (Å²) in [6, 6.07) is 3.59. The molecule has 1 heterocycles. The van der Waals surface area contributed by atoms with Gasteiger partial charge in [-0.1, -0.05) is 0 Å². The van der Waals surface area contributed by atoms with Crippen LogP contribution in [0.1, 0.15) is 16.1 Å². The molecule has 0 fully saturated rings. The van der Waals surface area contributed by atoms with Crippen LogP contribution in [0, 0.1) is 5.82 Å². The highest BCUT2D eigenvalue weighted by atomic mass is 32.1. The summed E-state index contributed by atoms with van der Waals surface area (Å²) in [5.74, 6) is -1.98. The van der Waals surface area contributed by atoms with Gasteiger partial charge in [-0.25, -0.2) is 9.37 Å². The first-order valence-corrected chi connectivity index (χ1v) is 6.43. The van der Waals surface area contributed by atoms with Gasteiger partial charge in [0.25, 0.3) is 5.91 Å². The maximum Gasteiger partial charge on any atom is 0.251 e. The second-order valence-electron chi connectivity index (χ2n) is 3.96. The van der Waals surface area contributed by atoms with E-state index < -0.39 is 11.7 Å². The van der Waals surface area contributed by atoms with Gasteiger partial charge in [-0.15, -0.1) is 11.3 Å². The Kier molecular flexibility index (Phi) is 3.94. The van der Waals surface area contributed by atoms with E-state index in [1.54, 1.807) is 5.38 Å². The number of nitrogen functional groups attached to an aromatic ring is 1. The molecule has 0 atom stereocenters. The first kappa shape index (κ1) is 13.9. The minimum atomic E-state index is -0.897. The van der Waals surface area contributed by atoms with Crippen LogP contribution in [0.15, 0.2) is 23.6 Å². The molecule has 2 aromatic rings. The maximum absolute atomic E-state index is 13.3. The van der Waals surface area contributed by atoms with Gasteiger partial charge in [0, 0.05) is 11.1 Å². The number of primary amides is 1. The minimum absolute atomic E-state index is 0.0387. The fraction of sp³-hybridized carbons (Fsp3) is 0.0833. The largest absolute Gasteiger partial charge is 0.375 e. The third kappa shape index (κ3) is 3.29. The molecular weight excluding hydrogens is 283 g/mol. The molecule has 0 bridgehead atoms. The van der Waals surface area contributed by atoms with Gasteiger partial charge in [-0.05, 0) is 18.2 Å². The SMILES string of the molecule is NC(=O)c1cc(NC(=O)Cc2csc(N)n2)ccc1F. The van der Waals surface area contributed by atoms with E-state index in [2.05, 4.69) is 10.3 Å². The quantitative estimate of drug-likeness (QED) is 0.785. The van der Waals surface area contributed by atoms with Crippen molar-refractivity contribution < 1.29 is 14.0 Å². The van der Waals surface area contributed by atoms with E-state index in [-0.39, 0.29) is 23.6 Å². The minimum Gasteiger partial charge on any atom is -0.375 e. The van der Waals surface area contributed by atoms with Crippen LogP contribution in [-0.4, -0.2) is 16.8 Å². The van der Waals surface area contributed by atoms with Gasteiger partial charge in [0.2, 0.25) is 5.91 Å². The first-order valence-electron chi connectivity index (χ1n) is 5.55. The number of nitrogens with one attached hydrogen (secondary N) is 1. The molecule has 0 saturated heterocycles. The van der Waals surface area contributed by atoms with Crippen LogP contribution in [0.2, 0.25) is 0 Å². The molecule has 6 nitrogen and oxygen atoms in total. The highest BCUT2D eigenvalue weighted by molar-refractivity contribution is 7.13. The number of hydrogen-bond donors (Lipinski definition) is 3. The molecule has 1 aromatic heterocycles. The molecule has 0 spiro atoms. The molecule has 5 N–H and O–H groups in total. The molecule has 0 aliphatic rings. The number of amides is 2. The van der Waals surface area contributed by atoms with Crippen molar-refractivity contribution in [3.05, 3.63) is 40.7 Å². The molecule has 0 unspecified atom stereocenters. The van der Waals surface area contributed by atoms with E-state index in [4.69, 9.17) is 11.5 Å². The Labute approximate surface area is 117 Å². The number of nitrogens with zero attached hydrogens (tertiary/aromatic N) is 1. The molecule has 0 aliphatic heterocycles. The van der Waals surface area contributed by atoms with Crippen LogP contribution in [0.3, 0.4) is 0 Å². The second-order valence-corrected chi connectivity index (χ2v) is 4.85. The molecule has 104 valence electrons. The van der Waals surface area contributed by atoms with Crippen LogP contribution >= 0.6 is 11.3 Å². The number of carbonyl (C=O) groups excluding carboxylic acids is 2. The van der Waals surface area contributed by atoms with Crippen LogP contribution in [0.25, 0.3) is 0 Å². The number of aromatic nitrogens is 1. The van der Waals surface area contributed by atoms with Gasteiger partial charge in [-0.2, -0.15) is 0 Å². The zero-order chi connectivity index (χ0) is 14.7. The van der Waals surface area contributed by atoms with Crippen LogP contribution < -0.4 is 16.8 Å². The van der Waals surface area contributed by atoms with Crippen molar-refractivity contribution in [3.63, 3.8) is 0 Å². The van der Waals surface area contributed by atoms with Crippen LogP contribution in [0.4, 0.5) is 15.2 Å². The fourth-order valence-electron chi connectivity index (χ4n) is 1.57. The highest BCUT2D eigenvalue weighted by Gasteiger charge is 2.11. The van der Waals surface area contributed by atoms with Crippen molar-refractivity contribution in [3.8, 4) is 0 Å². The zero-order valence-corrected chi connectivity index (χ0v) is 11.0. The summed E-state index contributed by atoms with van der Waals surface area (Å²) in [6.45, 7) is 0. The molecule has 20 heavy (non-hydrogen) atoms. The molecule has 0 aliphatic carbocycles. The van der Waals surface area contributed by atoms with E-state index >= 15 is 0 Å². The Balaban J connectivity index is 2.08. The predicted octanol–water partition coefficient (Wildman–Crippen LogP) is 1.14. The lowest BCUT2D eigenvalue weighted by Gasteiger charge is -2.06. The van der Waals surface area contributed by atoms with Crippen molar-refractivity contribution in [1.82, 2.24) is 4.98 Å². The van der Waals surface area contributed by atoms with Gasteiger partial charge in [0.15, 0.2) is 5.13 Å². The molecule has 1 aromatic carbocycles. The summed E-state index contributed by atoms with van der Waals surface area (Å²) in [5, 5.41) is 4.59. The summed E-state index contributed by atoms with van der Waals surface area (Å²) >= 11 is 1.24. The van der Waals surface area contributed by atoms with Crippen molar-refractivity contribution in [2.75, 3.05) is 11.1 Å². The number of halogens is 1. The van der Waals surface area contributed by atoms with Crippen LogP contribution in [0.5, 0.6) is 0 Å². The van der Waals surface area contributed by atoms with Gasteiger partial charge in [0.1, 0.15) is 5.82 Å². The second kappa shape index (κ2) is 5.66. The number of benzene rings is 1. The van der Waals surface area contributed by atoms with E-state index in [9.17, 15) is 14.0 Å². The number of thiazole rings is 1. The Morgan fingerprint density at radius 3 is 2.75 bits per heavy atom. The van der Waals surface area contributed by atoms with Crippen LogP contribution in [-0.2, 0) is 11.2 Å². The standard InChI is InChI=1S/C12H11FN4O2S/c13-9-2-1-6(3-8(9)11(14)19)16-10(18)4-7-5-20-12(15)17-7/h1-3,5H,4H2,(H2,14,19)(H2,15,17)(H,16,18). The number of hydrogen-bond acceptors (Lipinski definition) is 5. The lowest BCUT2D eigenvalue weighted by Crippen LogP contribution is -2.17. The lowest BCUT2D eigenvalue weighted by molar-refractivity contribution is -0.115. The van der Waals surface area contributed by atoms with E-state index in [1.165, 1.54) is 23.5 Å². The number of anilines is 2. The number of rotatable bonds is 4. The van der Waals surface area contributed by atoms with Gasteiger partial charge >= 0.3 is 0 Å². The third-order valence-electron chi connectivity index (χ3n) is 2.43. The van der Waals surface area contributed by atoms with Crippen molar-refractivity contribution in [2.45, 2.75) is 6.42 Å². The predicted molar refractivity (Wildman–Crippen MR) is 73.8 cm³/mol. The van der Waals surface area contributed by atoms with Crippen molar-refractivity contribution in [2.24, 2.45) is 5.73 Å². The number of carbonyl (C=O) groups is 2. The lowest BCUT2D eigenvalue weighted by atomic mass is 10.1. The molecule has 0 saturated carbocycles. The summed E-state index contributed by atoms with van der Waals surface area (Å²) < 4.78 is 13.3.